The number of nitrogens with two attached hydrogens (primary N) is 1. The summed E-state index contributed by atoms with van der Waals surface area (Å²) in [7, 11) is 1.67. The molecule has 0 spiro atoms. The fraction of sp³-hybridized carbons (Fsp3) is 0.733. The highest BCUT2D eigenvalue weighted by Crippen LogP contribution is 2.46. The van der Waals surface area contributed by atoms with Crippen molar-refractivity contribution in [3.63, 3.8) is 0 Å². The van der Waals surface area contributed by atoms with E-state index in [4.69, 9.17) is 14.9 Å². The van der Waals surface area contributed by atoms with Gasteiger partial charge in [-0.2, -0.15) is 0 Å². The van der Waals surface area contributed by atoms with Gasteiger partial charge in [0.05, 0.1) is 6.04 Å². The molecule has 0 amide bonds. The van der Waals surface area contributed by atoms with Crippen LogP contribution in [0, 0.1) is 11.3 Å². The number of hydrogen-bond acceptors (Lipinski definition) is 3. The van der Waals surface area contributed by atoms with Gasteiger partial charge in [0.1, 0.15) is 18.1 Å². The molecule has 0 aromatic carbocycles. The zero-order valence-electron chi connectivity index (χ0n) is 11.7. The summed E-state index contributed by atoms with van der Waals surface area (Å²) in [6.45, 7) is 5.17. The second-order valence-corrected chi connectivity index (χ2v) is 6.10. The highest BCUT2D eigenvalue weighted by molar-refractivity contribution is 5.12. The lowest BCUT2D eigenvalue weighted by Gasteiger charge is -2.41. The average molecular weight is 251 g/mol. The van der Waals surface area contributed by atoms with Crippen molar-refractivity contribution in [2.24, 2.45) is 17.1 Å². The topological polar surface area (TPSA) is 48.4 Å². The monoisotopic (exact) mass is 251 g/mol. The molecule has 3 nitrogen and oxygen atoms in total. The molecule has 3 heteroatoms. The van der Waals surface area contributed by atoms with Crippen LogP contribution in [0.4, 0.5) is 0 Å². The minimum Gasteiger partial charge on any atom is -0.462 e. The molecule has 2 rings (SSSR count). The van der Waals surface area contributed by atoms with Crippen LogP contribution in [-0.2, 0) is 11.3 Å². The fourth-order valence-electron chi connectivity index (χ4n) is 3.18. The van der Waals surface area contributed by atoms with Crippen molar-refractivity contribution in [3.05, 3.63) is 23.7 Å². The van der Waals surface area contributed by atoms with E-state index in [2.05, 4.69) is 13.8 Å². The lowest BCUT2D eigenvalue weighted by atomic mass is 9.65. The van der Waals surface area contributed by atoms with Crippen LogP contribution in [0.2, 0.25) is 0 Å². The third-order valence-electron chi connectivity index (χ3n) is 4.32. The van der Waals surface area contributed by atoms with Gasteiger partial charge in [0.25, 0.3) is 0 Å². The third-order valence-corrected chi connectivity index (χ3v) is 4.32. The molecule has 1 aliphatic rings. The van der Waals surface area contributed by atoms with Gasteiger partial charge in [-0.1, -0.05) is 26.7 Å². The largest absolute Gasteiger partial charge is 0.462 e. The molecular formula is C15H25NO2. The van der Waals surface area contributed by atoms with Crippen molar-refractivity contribution < 1.29 is 9.15 Å². The Bertz CT molecular complexity index is 384. The summed E-state index contributed by atoms with van der Waals surface area (Å²) in [5.41, 5.74) is 6.73. The van der Waals surface area contributed by atoms with E-state index in [1.165, 1.54) is 25.7 Å². The van der Waals surface area contributed by atoms with Crippen molar-refractivity contribution in [1.82, 2.24) is 0 Å². The first-order valence-corrected chi connectivity index (χ1v) is 6.88. The van der Waals surface area contributed by atoms with Gasteiger partial charge in [0, 0.05) is 7.11 Å². The van der Waals surface area contributed by atoms with Gasteiger partial charge < -0.3 is 14.9 Å². The van der Waals surface area contributed by atoms with E-state index < -0.39 is 0 Å². The fourth-order valence-corrected chi connectivity index (χ4v) is 3.18. The van der Waals surface area contributed by atoms with Crippen molar-refractivity contribution >= 4 is 0 Å². The summed E-state index contributed by atoms with van der Waals surface area (Å²) in [6.07, 6.45) is 5.07. The standard InChI is InChI=1S/C15H25NO2/c1-15(2)9-5-4-6-12(15)14(16)13-8-7-11(18-13)10-17-3/h7-8,12,14H,4-6,9-10,16H2,1-3H3. The summed E-state index contributed by atoms with van der Waals surface area (Å²) in [6, 6.07) is 3.98. The van der Waals surface area contributed by atoms with Gasteiger partial charge in [-0.25, -0.2) is 0 Å². The zero-order valence-corrected chi connectivity index (χ0v) is 11.7. The number of hydrogen-bond donors (Lipinski definition) is 1. The smallest absolute Gasteiger partial charge is 0.129 e. The highest BCUT2D eigenvalue weighted by atomic mass is 16.5. The molecule has 0 saturated heterocycles. The molecular weight excluding hydrogens is 226 g/mol. The normalized spacial score (nSPS) is 25.0. The molecule has 2 unspecified atom stereocenters. The van der Waals surface area contributed by atoms with Crippen LogP contribution in [0.25, 0.3) is 0 Å². The van der Waals surface area contributed by atoms with Gasteiger partial charge in [-0.05, 0) is 36.3 Å². The molecule has 1 fully saturated rings. The zero-order chi connectivity index (χ0) is 13.2. The van der Waals surface area contributed by atoms with E-state index in [-0.39, 0.29) is 6.04 Å². The summed E-state index contributed by atoms with van der Waals surface area (Å²) >= 11 is 0. The maximum Gasteiger partial charge on any atom is 0.129 e. The lowest BCUT2D eigenvalue weighted by Crippen LogP contribution is -2.36. The van der Waals surface area contributed by atoms with Gasteiger partial charge in [0.15, 0.2) is 0 Å². The minimum absolute atomic E-state index is 0.00547. The van der Waals surface area contributed by atoms with Crippen LogP contribution >= 0.6 is 0 Å². The Morgan fingerprint density at radius 3 is 2.89 bits per heavy atom. The molecule has 1 saturated carbocycles. The van der Waals surface area contributed by atoms with E-state index in [9.17, 15) is 0 Å². The lowest BCUT2D eigenvalue weighted by molar-refractivity contribution is 0.102. The second kappa shape index (κ2) is 5.45. The van der Waals surface area contributed by atoms with E-state index in [1.807, 2.05) is 12.1 Å². The second-order valence-electron chi connectivity index (χ2n) is 6.10. The first-order valence-electron chi connectivity index (χ1n) is 6.88. The molecule has 2 N–H and O–H groups in total. The van der Waals surface area contributed by atoms with E-state index in [0.29, 0.717) is 17.9 Å². The summed E-state index contributed by atoms with van der Waals surface area (Å²) < 4.78 is 10.9. The number of rotatable bonds is 4. The SMILES string of the molecule is COCc1ccc(C(N)C2CCCCC2(C)C)o1. The Morgan fingerprint density at radius 1 is 1.44 bits per heavy atom. The van der Waals surface area contributed by atoms with Crippen LogP contribution in [0.15, 0.2) is 16.5 Å². The molecule has 18 heavy (non-hydrogen) atoms. The van der Waals surface area contributed by atoms with Gasteiger partial charge in [-0.15, -0.1) is 0 Å². The van der Waals surface area contributed by atoms with Crippen molar-refractivity contribution in [3.8, 4) is 0 Å². The van der Waals surface area contributed by atoms with Crippen molar-refractivity contribution in [2.75, 3.05) is 7.11 Å². The quantitative estimate of drug-likeness (QED) is 0.888. The van der Waals surface area contributed by atoms with Gasteiger partial charge >= 0.3 is 0 Å². The maximum atomic E-state index is 6.42. The van der Waals surface area contributed by atoms with E-state index in [1.54, 1.807) is 7.11 Å². The van der Waals surface area contributed by atoms with Crippen LogP contribution in [-0.4, -0.2) is 7.11 Å². The number of furan rings is 1. The predicted octanol–water partition coefficient (Wildman–Crippen LogP) is 3.64. The number of ether oxygens (including phenoxy) is 1. The van der Waals surface area contributed by atoms with Crippen LogP contribution in [0.1, 0.15) is 57.1 Å². The molecule has 0 bridgehead atoms. The Labute approximate surface area is 110 Å². The molecule has 0 radical (unpaired) electrons. The predicted molar refractivity (Wildman–Crippen MR) is 72.1 cm³/mol. The first kappa shape index (κ1) is 13.6. The molecule has 0 aliphatic heterocycles. The van der Waals surface area contributed by atoms with E-state index >= 15 is 0 Å². The Balaban J connectivity index is 2.11. The molecule has 1 aromatic rings. The molecule has 2 atom stereocenters. The summed E-state index contributed by atoms with van der Waals surface area (Å²) in [5, 5.41) is 0. The van der Waals surface area contributed by atoms with E-state index in [0.717, 1.165) is 11.5 Å². The van der Waals surface area contributed by atoms with Crippen molar-refractivity contribution in [2.45, 2.75) is 52.2 Å². The number of methoxy groups -OCH3 is 1. The minimum atomic E-state index is 0.00547. The average Bonchev–Trinajstić information content (AvgIpc) is 2.77. The first-order chi connectivity index (χ1) is 8.54. The van der Waals surface area contributed by atoms with Crippen LogP contribution in [0.5, 0.6) is 0 Å². The molecule has 1 aliphatic carbocycles. The summed E-state index contributed by atoms with van der Waals surface area (Å²) in [4.78, 5) is 0. The Morgan fingerprint density at radius 2 is 2.22 bits per heavy atom. The molecule has 102 valence electrons. The van der Waals surface area contributed by atoms with Crippen molar-refractivity contribution in [1.29, 1.82) is 0 Å². The third kappa shape index (κ3) is 2.78. The summed E-state index contributed by atoms with van der Waals surface area (Å²) in [5.74, 6) is 2.27. The molecule has 1 aromatic heterocycles. The van der Waals surface area contributed by atoms with Gasteiger partial charge in [-0.3, -0.25) is 0 Å². The van der Waals surface area contributed by atoms with Gasteiger partial charge in [0.2, 0.25) is 0 Å². The maximum absolute atomic E-state index is 6.42. The Kier molecular flexibility index (Phi) is 4.13. The highest BCUT2D eigenvalue weighted by Gasteiger charge is 2.37. The molecule has 1 heterocycles. The van der Waals surface area contributed by atoms with Crippen LogP contribution < -0.4 is 5.73 Å². The van der Waals surface area contributed by atoms with Crippen LogP contribution in [0.3, 0.4) is 0 Å². The Hall–Kier alpha value is -0.800.